The van der Waals surface area contributed by atoms with E-state index in [0.717, 1.165) is 28.8 Å². The largest absolute Gasteiger partial charge is 0.477 e. The molecule has 0 amide bonds. The summed E-state index contributed by atoms with van der Waals surface area (Å²) in [6.07, 6.45) is -3.24. The zero-order valence-corrected chi connectivity index (χ0v) is 11.9. The lowest BCUT2D eigenvalue weighted by atomic mass is 10.1. The molecule has 1 N–H and O–H groups in total. The van der Waals surface area contributed by atoms with Crippen LogP contribution in [0.4, 0.5) is 13.2 Å². The Morgan fingerprint density at radius 1 is 1.12 bits per heavy atom. The molecule has 0 aliphatic carbocycles. The van der Waals surface area contributed by atoms with E-state index in [0.29, 0.717) is 0 Å². The van der Waals surface area contributed by atoms with E-state index in [1.165, 1.54) is 12.3 Å². The summed E-state index contributed by atoms with van der Waals surface area (Å²) < 4.78 is 39.8. The van der Waals surface area contributed by atoms with Gasteiger partial charge in [0.1, 0.15) is 11.4 Å². The van der Waals surface area contributed by atoms with E-state index in [9.17, 15) is 22.8 Å². The Labute approximate surface area is 132 Å². The summed E-state index contributed by atoms with van der Waals surface area (Å²) in [6, 6.07) is 8.34. The minimum Gasteiger partial charge on any atom is -0.477 e. The number of rotatable bonds is 2. The van der Waals surface area contributed by atoms with Gasteiger partial charge in [-0.1, -0.05) is 12.1 Å². The molecule has 0 atom stereocenters. The molecular formula is C16H9F3N2O3. The smallest absolute Gasteiger partial charge is 0.416 e. The van der Waals surface area contributed by atoms with Crippen molar-refractivity contribution in [2.75, 3.05) is 0 Å². The van der Waals surface area contributed by atoms with Gasteiger partial charge >= 0.3 is 12.1 Å². The third-order valence-electron chi connectivity index (χ3n) is 3.44. The number of benzene rings is 1. The molecule has 0 unspecified atom stereocenters. The van der Waals surface area contributed by atoms with Gasteiger partial charge in [-0.05, 0) is 35.7 Å². The van der Waals surface area contributed by atoms with Crippen LogP contribution in [0.1, 0.15) is 15.9 Å². The highest BCUT2D eigenvalue weighted by Crippen LogP contribution is 2.31. The van der Waals surface area contributed by atoms with Crippen molar-refractivity contribution in [2.45, 2.75) is 6.18 Å². The molecule has 0 bridgehead atoms. The third-order valence-corrected chi connectivity index (χ3v) is 3.44. The van der Waals surface area contributed by atoms with Gasteiger partial charge < -0.3 is 5.11 Å². The van der Waals surface area contributed by atoms with Crippen molar-refractivity contribution in [1.82, 2.24) is 9.55 Å². The topological polar surface area (TPSA) is 72.2 Å². The SMILES string of the molecule is O=C(O)c1cc2ccc(C(F)(F)F)cc2n(-c2ccccn2)c1=O. The van der Waals surface area contributed by atoms with Gasteiger partial charge in [-0.15, -0.1) is 0 Å². The number of alkyl halides is 3. The highest BCUT2D eigenvalue weighted by molar-refractivity contribution is 5.93. The second-order valence-electron chi connectivity index (χ2n) is 4.96. The number of pyridine rings is 2. The van der Waals surface area contributed by atoms with Gasteiger partial charge in [-0.3, -0.25) is 9.36 Å². The normalized spacial score (nSPS) is 11.6. The maximum absolute atomic E-state index is 13.0. The maximum Gasteiger partial charge on any atom is 0.416 e. The predicted molar refractivity (Wildman–Crippen MR) is 79.3 cm³/mol. The molecule has 0 aliphatic heterocycles. The molecular weight excluding hydrogens is 325 g/mol. The maximum atomic E-state index is 13.0. The van der Waals surface area contributed by atoms with Crippen LogP contribution >= 0.6 is 0 Å². The van der Waals surface area contributed by atoms with E-state index in [4.69, 9.17) is 5.11 Å². The van der Waals surface area contributed by atoms with Gasteiger partial charge in [0, 0.05) is 6.20 Å². The van der Waals surface area contributed by atoms with Gasteiger partial charge in [0.05, 0.1) is 11.1 Å². The molecule has 0 aliphatic rings. The monoisotopic (exact) mass is 334 g/mol. The van der Waals surface area contributed by atoms with Crippen molar-refractivity contribution in [3.63, 3.8) is 0 Å². The van der Waals surface area contributed by atoms with Crippen LogP contribution in [0, 0.1) is 0 Å². The second kappa shape index (κ2) is 5.48. The van der Waals surface area contributed by atoms with E-state index in [1.807, 2.05) is 0 Å². The van der Waals surface area contributed by atoms with Gasteiger partial charge in [0.15, 0.2) is 0 Å². The molecule has 24 heavy (non-hydrogen) atoms. The number of carboxylic acid groups (broad SMARTS) is 1. The minimum atomic E-state index is -4.59. The van der Waals surface area contributed by atoms with Crippen molar-refractivity contribution in [2.24, 2.45) is 0 Å². The van der Waals surface area contributed by atoms with Crippen LogP contribution in [0.5, 0.6) is 0 Å². The summed E-state index contributed by atoms with van der Waals surface area (Å²) in [5, 5.41) is 9.35. The number of aromatic carboxylic acids is 1. The lowest BCUT2D eigenvalue weighted by Gasteiger charge is -2.13. The van der Waals surface area contributed by atoms with Crippen molar-refractivity contribution in [3.8, 4) is 5.82 Å². The number of fused-ring (bicyclic) bond motifs is 1. The van der Waals surface area contributed by atoms with Crippen molar-refractivity contribution >= 4 is 16.9 Å². The Balaban J connectivity index is 2.46. The molecule has 0 radical (unpaired) electrons. The summed E-state index contributed by atoms with van der Waals surface area (Å²) in [5.41, 5.74) is -2.51. The van der Waals surface area contributed by atoms with Crippen LogP contribution < -0.4 is 5.56 Å². The van der Waals surface area contributed by atoms with E-state index >= 15 is 0 Å². The Bertz CT molecular complexity index is 995. The summed E-state index contributed by atoms with van der Waals surface area (Å²) in [6.45, 7) is 0. The summed E-state index contributed by atoms with van der Waals surface area (Å²) in [7, 11) is 0. The van der Waals surface area contributed by atoms with Gasteiger partial charge in [-0.25, -0.2) is 9.78 Å². The molecule has 122 valence electrons. The number of carbonyl (C=O) groups is 1. The molecule has 2 aromatic heterocycles. The number of halogens is 3. The Morgan fingerprint density at radius 3 is 2.46 bits per heavy atom. The molecule has 1 aromatic carbocycles. The first-order valence-corrected chi connectivity index (χ1v) is 6.71. The third kappa shape index (κ3) is 2.62. The molecule has 0 spiro atoms. The van der Waals surface area contributed by atoms with Gasteiger partial charge in [0.25, 0.3) is 5.56 Å². The second-order valence-corrected chi connectivity index (χ2v) is 4.96. The Morgan fingerprint density at radius 2 is 1.88 bits per heavy atom. The zero-order chi connectivity index (χ0) is 17.5. The Hall–Kier alpha value is -3.16. The fourth-order valence-electron chi connectivity index (χ4n) is 2.35. The average molecular weight is 334 g/mol. The van der Waals surface area contributed by atoms with Crippen LogP contribution in [-0.4, -0.2) is 20.6 Å². The minimum absolute atomic E-state index is 0.0370. The summed E-state index contributed by atoms with van der Waals surface area (Å²) in [5.74, 6) is -1.43. The Kier molecular flexibility index (Phi) is 3.59. The van der Waals surface area contributed by atoms with E-state index in [1.54, 1.807) is 12.1 Å². The summed E-state index contributed by atoms with van der Waals surface area (Å²) >= 11 is 0. The molecule has 0 saturated carbocycles. The first kappa shape index (κ1) is 15.7. The molecule has 5 nitrogen and oxygen atoms in total. The lowest BCUT2D eigenvalue weighted by molar-refractivity contribution is -0.137. The van der Waals surface area contributed by atoms with Gasteiger partial charge in [-0.2, -0.15) is 13.2 Å². The molecule has 3 aromatic rings. The van der Waals surface area contributed by atoms with Gasteiger partial charge in [0.2, 0.25) is 0 Å². The van der Waals surface area contributed by atoms with Crippen molar-refractivity contribution in [3.05, 3.63) is 70.1 Å². The summed E-state index contributed by atoms with van der Waals surface area (Å²) in [4.78, 5) is 27.6. The highest BCUT2D eigenvalue weighted by Gasteiger charge is 2.31. The molecule has 2 heterocycles. The number of hydrogen-bond donors (Lipinski definition) is 1. The van der Waals surface area contributed by atoms with Crippen LogP contribution in [0.3, 0.4) is 0 Å². The van der Waals surface area contributed by atoms with Crippen LogP contribution in [-0.2, 0) is 6.18 Å². The molecule has 8 heteroatoms. The highest BCUT2D eigenvalue weighted by atomic mass is 19.4. The number of aromatic nitrogens is 2. The van der Waals surface area contributed by atoms with Crippen molar-refractivity contribution in [1.29, 1.82) is 0 Å². The molecule has 0 fully saturated rings. The van der Waals surface area contributed by atoms with E-state index in [-0.39, 0.29) is 16.7 Å². The molecule has 0 saturated heterocycles. The van der Waals surface area contributed by atoms with E-state index < -0.39 is 28.8 Å². The average Bonchev–Trinajstić information content (AvgIpc) is 2.53. The van der Waals surface area contributed by atoms with Crippen LogP contribution in [0.25, 0.3) is 16.7 Å². The fraction of sp³-hybridized carbons (Fsp3) is 0.0625. The predicted octanol–water partition coefficient (Wildman–Crippen LogP) is 3.10. The lowest BCUT2D eigenvalue weighted by Crippen LogP contribution is -2.26. The standard InChI is InChI=1S/C16H9F3N2O3/c17-16(18,19)10-5-4-9-7-11(15(23)24)14(22)21(12(9)8-10)13-3-1-2-6-20-13/h1-8H,(H,23,24). The van der Waals surface area contributed by atoms with Crippen LogP contribution in [0.2, 0.25) is 0 Å². The van der Waals surface area contributed by atoms with Crippen molar-refractivity contribution < 1.29 is 23.1 Å². The van der Waals surface area contributed by atoms with Crippen LogP contribution in [0.15, 0.2) is 53.5 Å². The van der Waals surface area contributed by atoms with E-state index in [2.05, 4.69) is 4.98 Å². The molecule has 3 rings (SSSR count). The first-order valence-electron chi connectivity index (χ1n) is 6.71. The number of nitrogens with zero attached hydrogens (tertiary/aromatic N) is 2. The number of hydrogen-bond acceptors (Lipinski definition) is 3. The number of carboxylic acids is 1. The fourth-order valence-corrected chi connectivity index (χ4v) is 2.35. The zero-order valence-electron chi connectivity index (χ0n) is 11.9. The first-order chi connectivity index (χ1) is 11.3. The quantitative estimate of drug-likeness (QED) is 0.782.